The molecule has 5 heterocycles. The quantitative estimate of drug-likeness (QED) is 0.350. The monoisotopic (exact) mass is 625 g/mol. The average Bonchev–Trinajstić information content (AvgIpc) is 3.55. The van der Waals surface area contributed by atoms with Gasteiger partial charge in [0.05, 0.1) is 10.4 Å². The molecule has 3 aliphatic heterocycles. The highest BCUT2D eigenvalue weighted by atomic mass is 32.1. The Morgan fingerprint density at radius 3 is 2.67 bits per heavy atom. The van der Waals surface area contributed by atoms with E-state index in [1.54, 1.807) is 22.1 Å². The zero-order chi connectivity index (χ0) is 30.5. The number of halogens is 1. The van der Waals surface area contributed by atoms with Gasteiger partial charge in [-0.2, -0.15) is 5.26 Å². The predicted molar refractivity (Wildman–Crippen MR) is 155 cm³/mol. The average molecular weight is 626 g/mol. The van der Waals surface area contributed by atoms with Crippen molar-refractivity contribution in [2.75, 3.05) is 13.1 Å². The molecule has 3 aromatic rings. The van der Waals surface area contributed by atoms with E-state index in [1.807, 2.05) is 0 Å². The summed E-state index contributed by atoms with van der Waals surface area (Å²) in [7, 11) is -4.98. The normalized spacial score (nSPS) is 23.3. The lowest BCUT2D eigenvalue weighted by Crippen LogP contribution is -2.58. The third-order valence-electron chi connectivity index (χ3n) is 8.56. The van der Waals surface area contributed by atoms with Gasteiger partial charge >= 0.3 is 7.60 Å². The molecule has 0 spiro atoms. The van der Waals surface area contributed by atoms with Crippen LogP contribution < -0.4 is 5.32 Å². The highest BCUT2D eigenvalue weighted by Gasteiger charge is 2.47. The summed E-state index contributed by atoms with van der Waals surface area (Å²) in [6, 6.07) is 8.01. The third kappa shape index (κ3) is 5.68. The van der Waals surface area contributed by atoms with Gasteiger partial charge in [0.15, 0.2) is 0 Å². The second-order valence-corrected chi connectivity index (χ2v) is 14.1. The largest absolute Gasteiger partial charge is 0.363 e. The fourth-order valence-corrected chi connectivity index (χ4v) is 7.80. The highest BCUT2D eigenvalue weighted by Crippen LogP contribution is 2.53. The first kappa shape index (κ1) is 29.4. The number of benzene rings is 1. The van der Waals surface area contributed by atoms with E-state index >= 15 is 0 Å². The molecular formula is C29H29FN5O6PS. The molecule has 1 aromatic carbocycles. The van der Waals surface area contributed by atoms with Crippen LogP contribution in [0.15, 0.2) is 42.7 Å². The van der Waals surface area contributed by atoms with Crippen LogP contribution in [0.3, 0.4) is 0 Å². The van der Waals surface area contributed by atoms with Crippen LogP contribution in [0, 0.1) is 11.3 Å². The van der Waals surface area contributed by atoms with E-state index in [1.165, 1.54) is 30.5 Å². The number of hydrogen-bond donors (Lipinski definition) is 3. The number of fused-ring (bicyclic) bond motifs is 2. The van der Waals surface area contributed by atoms with E-state index in [-0.39, 0.29) is 34.2 Å². The number of aromatic nitrogens is 1. The summed E-state index contributed by atoms with van der Waals surface area (Å²) < 4.78 is 26.2. The number of pyridine rings is 1. The zero-order valence-electron chi connectivity index (χ0n) is 22.9. The Hall–Kier alpha value is -3.69. The molecular weight excluding hydrogens is 596 g/mol. The van der Waals surface area contributed by atoms with Crippen LogP contribution in [0.4, 0.5) is 4.39 Å². The Morgan fingerprint density at radius 1 is 1.14 bits per heavy atom. The number of likely N-dealkylation sites (tertiary alicyclic amines) is 1. The van der Waals surface area contributed by atoms with E-state index in [2.05, 4.69) is 16.4 Å². The van der Waals surface area contributed by atoms with Crippen LogP contribution in [-0.4, -0.2) is 73.5 Å². The van der Waals surface area contributed by atoms with Crippen LogP contribution in [0.2, 0.25) is 0 Å². The number of amides is 3. The maximum absolute atomic E-state index is 14.2. The van der Waals surface area contributed by atoms with Gasteiger partial charge in [-0.1, -0.05) is 6.07 Å². The Balaban J connectivity index is 1.13. The second kappa shape index (κ2) is 11.4. The molecule has 224 valence electrons. The molecule has 0 bridgehead atoms. The number of rotatable bonds is 6. The number of alkyl halides is 1. The molecule has 2 aromatic heterocycles. The van der Waals surface area contributed by atoms with Crippen molar-refractivity contribution >= 4 is 46.7 Å². The van der Waals surface area contributed by atoms with Gasteiger partial charge in [-0.25, -0.2) is 4.39 Å². The van der Waals surface area contributed by atoms with Crippen molar-refractivity contribution in [3.05, 3.63) is 64.3 Å². The fourth-order valence-electron chi connectivity index (χ4n) is 6.30. The van der Waals surface area contributed by atoms with Gasteiger partial charge in [0.2, 0.25) is 17.7 Å². The van der Waals surface area contributed by atoms with Gasteiger partial charge in [0.25, 0.3) is 5.91 Å². The van der Waals surface area contributed by atoms with Gasteiger partial charge in [-0.3, -0.25) is 23.9 Å². The third-order valence-corrected chi connectivity index (χ3v) is 10.6. The predicted octanol–water partition coefficient (Wildman–Crippen LogP) is 3.58. The lowest BCUT2D eigenvalue weighted by atomic mass is 9.91. The van der Waals surface area contributed by atoms with Gasteiger partial charge in [-0.15, -0.1) is 11.3 Å². The molecule has 3 fully saturated rings. The van der Waals surface area contributed by atoms with Gasteiger partial charge in [0.1, 0.15) is 18.2 Å². The van der Waals surface area contributed by atoms with Crippen LogP contribution in [0.25, 0.3) is 10.1 Å². The van der Waals surface area contributed by atoms with E-state index in [4.69, 9.17) is 5.26 Å². The van der Waals surface area contributed by atoms with Gasteiger partial charge in [-0.05, 0) is 72.9 Å². The van der Waals surface area contributed by atoms with Crippen molar-refractivity contribution < 1.29 is 33.1 Å². The Morgan fingerprint density at radius 2 is 1.93 bits per heavy atom. The lowest BCUT2D eigenvalue weighted by Gasteiger charge is -2.42. The summed E-state index contributed by atoms with van der Waals surface area (Å²) in [6.45, 7) is 0.980. The van der Waals surface area contributed by atoms with Crippen LogP contribution in [-0.2, 0) is 14.2 Å². The molecule has 3 amide bonds. The fraction of sp³-hybridized carbons (Fsp3) is 0.414. The molecule has 6 rings (SSSR count). The molecule has 43 heavy (non-hydrogen) atoms. The van der Waals surface area contributed by atoms with Gasteiger partial charge in [0, 0.05) is 42.1 Å². The number of nitrogens with zero attached hydrogens (tertiary/aromatic N) is 4. The van der Waals surface area contributed by atoms with Crippen molar-refractivity contribution in [3.8, 4) is 6.07 Å². The topological polar surface area (TPSA) is 164 Å². The number of hydrogen-bond acceptors (Lipinski definition) is 7. The molecule has 3 N–H and O–H groups in total. The van der Waals surface area contributed by atoms with Crippen molar-refractivity contribution in [1.82, 2.24) is 20.1 Å². The molecule has 3 saturated heterocycles. The zero-order valence-corrected chi connectivity index (χ0v) is 24.6. The minimum atomic E-state index is -4.98. The molecule has 11 nitrogen and oxygen atoms in total. The first-order valence-electron chi connectivity index (χ1n) is 14.0. The van der Waals surface area contributed by atoms with Crippen LogP contribution in [0.5, 0.6) is 0 Å². The summed E-state index contributed by atoms with van der Waals surface area (Å²) in [4.78, 5) is 66.7. The lowest BCUT2D eigenvalue weighted by molar-refractivity contribution is -0.148. The summed E-state index contributed by atoms with van der Waals surface area (Å²) in [5.41, 5.74) is 1.20. The van der Waals surface area contributed by atoms with Crippen molar-refractivity contribution in [2.45, 2.75) is 62.1 Å². The first-order chi connectivity index (χ1) is 20.5. The molecule has 3 aliphatic rings. The minimum absolute atomic E-state index is 0.0673. The Labute approximate surface area is 250 Å². The molecule has 14 heteroatoms. The molecule has 4 atom stereocenters. The number of carbonyl (C=O) groups is 3. The van der Waals surface area contributed by atoms with Crippen LogP contribution >= 0.6 is 18.9 Å². The number of carbonyl (C=O) groups excluding carboxylic acids is 3. The minimum Gasteiger partial charge on any atom is -0.340 e. The van der Waals surface area contributed by atoms with Crippen molar-refractivity contribution in [2.24, 2.45) is 0 Å². The maximum atomic E-state index is 14.2. The van der Waals surface area contributed by atoms with Crippen molar-refractivity contribution in [1.29, 1.82) is 5.26 Å². The van der Waals surface area contributed by atoms with Gasteiger partial charge < -0.3 is 24.9 Å². The standard InChI is InChI=1S/C29H29FN5O6PS/c30-26(42(39,40)41)17-4-7-24-18(9-17)10-25(43-24)27(36)33-22-3-1-2-21-5-6-23(35(21)28(22)37)29(38)34-14-20(15-34)19-8-16(11-31)12-32-13-19/h4,7-10,12-13,20-23,26H,1-3,5-6,14-15H2,(H,33,36)(H2,39,40,41)/t21-,22-,23-,26?/m0/s1. The molecule has 1 unspecified atom stereocenters. The molecule has 0 radical (unpaired) electrons. The van der Waals surface area contributed by atoms with E-state index in [9.17, 15) is 33.1 Å². The molecule has 0 saturated carbocycles. The molecule has 0 aliphatic carbocycles. The maximum Gasteiger partial charge on any atom is 0.363 e. The summed E-state index contributed by atoms with van der Waals surface area (Å²) >= 11 is 1.13. The highest BCUT2D eigenvalue weighted by molar-refractivity contribution is 7.51. The SMILES string of the molecule is N#Cc1cncc(C2CN(C(=O)[C@@H]3CC[C@@H]4CCC[C@H](NC(=O)c5cc6cc(C(F)P(=O)(O)O)ccc6s5)C(=O)N43)C2)c1. The Bertz CT molecular complexity index is 1700. The number of thiophene rings is 1. The van der Waals surface area contributed by atoms with E-state index in [0.717, 1.165) is 29.7 Å². The van der Waals surface area contributed by atoms with E-state index < -0.39 is 31.5 Å². The summed E-state index contributed by atoms with van der Waals surface area (Å²) in [6.07, 6.45) is 6.38. The van der Waals surface area contributed by atoms with E-state index in [0.29, 0.717) is 48.0 Å². The Kier molecular flexibility index (Phi) is 7.81. The van der Waals surface area contributed by atoms with Crippen molar-refractivity contribution in [3.63, 3.8) is 0 Å². The summed E-state index contributed by atoms with van der Waals surface area (Å²) in [5, 5.41) is 12.5. The second-order valence-electron chi connectivity index (χ2n) is 11.3. The smallest absolute Gasteiger partial charge is 0.340 e. The first-order valence-corrected chi connectivity index (χ1v) is 16.5. The number of nitriles is 1. The van der Waals surface area contributed by atoms with Crippen LogP contribution in [0.1, 0.15) is 70.3 Å². The summed E-state index contributed by atoms with van der Waals surface area (Å²) in [5.74, 6) is -3.24. The number of nitrogens with one attached hydrogen (secondary N) is 1.